The molecule has 4 rings (SSSR count). The predicted octanol–water partition coefficient (Wildman–Crippen LogP) is 0.655. The average molecular weight is 319 g/mol. The number of carbonyl (C=O) groups excluding carboxylic acids is 1. The van der Waals surface area contributed by atoms with Crippen LogP contribution in [0.2, 0.25) is 0 Å². The van der Waals surface area contributed by atoms with Gasteiger partial charge in [-0.05, 0) is 32.6 Å². The fourth-order valence-electron chi connectivity index (χ4n) is 3.51. The smallest absolute Gasteiger partial charge is 0.237 e. The zero-order chi connectivity index (χ0) is 15.8. The summed E-state index contributed by atoms with van der Waals surface area (Å²) in [6.07, 6.45) is 4.82. The standard InChI is InChI=1S/C16H25N5O2/c1-11(16(22)17-9-13-3-2-8-23-13)20-6-7-21-14(10-20)18-19-15(21)12-4-5-12/h11-13H,2-10H2,1H3,(H,17,22). The van der Waals surface area contributed by atoms with Crippen LogP contribution in [0.4, 0.5) is 0 Å². The zero-order valence-electron chi connectivity index (χ0n) is 13.7. The Bertz CT molecular complexity index is 577. The maximum atomic E-state index is 12.4. The quantitative estimate of drug-likeness (QED) is 0.863. The van der Waals surface area contributed by atoms with Crippen LogP contribution < -0.4 is 5.32 Å². The molecule has 2 fully saturated rings. The third kappa shape index (κ3) is 3.12. The van der Waals surface area contributed by atoms with Crippen LogP contribution in [-0.2, 0) is 22.6 Å². The van der Waals surface area contributed by atoms with Crippen molar-refractivity contribution in [1.29, 1.82) is 0 Å². The summed E-state index contributed by atoms with van der Waals surface area (Å²) >= 11 is 0. The number of nitrogens with one attached hydrogen (secondary N) is 1. The third-order valence-corrected chi connectivity index (χ3v) is 5.21. The van der Waals surface area contributed by atoms with E-state index in [0.29, 0.717) is 19.0 Å². The minimum absolute atomic E-state index is 0.0795. The molecule has 1 saturated carbocycles. The van der Waals surface area contributed by atoms with Gasteiger partial charge < -0.3 is 14.6 Å². The van der Waals surface area contributed by atoms with E-state index >= 15 is 0 Å². The number of aromatic nitrogens is 3. The molecule has 0 bridgehead atoms. The number of rotatable bonds is 5. The van der Waals surface area contributed by atoms with E-state index in [4.69, 9.17) is 4.74 Å². The molecule has 1 aliphatic carbocycles. The van der Waals surface area contributed by atoms with E-state index in [9.17, 15) is 4.79 Å². The molecule has 126 valence electrons. The second-order valence-corrected chi connectivity index (χ2v) is 6.93. The van der Waals surface area contributed by atoms with Crippen LogP contribution in [0.5, 0.6) is 0 Å². The summed E-state index contributed by atoms with van der Waals surface area (Å²) in [4.78, 5) is 14.6. The van der Waals surface area contributed by atoms with E-state index in [0.717, 1.165) is 44.2 Å². The highest BCUT2D eigenvalue weighted by Gasteiger charge is 2.33. The maximum absolute atomic E-state index is 12.4. The van der Waals surface area contributed by atoms with E-state index < -0.39 is 0 Å². The van der Waals surface area contributed by atoms with E-state index in [1.54, 1.807) is 0 Å². The van der Waals surface area contributed by atoms with Crippen LogP contribution in [0.3, 0.4) is 0 Å². The molecule has 0 spiro atoms. The molecular formula is C16H25N5O2. The number of fused-ring (bicyclic) bond motifs is 1. The summed E-state index contributed by atoms with van der Waals surface area (Å²) in [7, 11) is 0. The van der Waals surface area contributed by atoms with E-state index in [2.05, 4.69) is 25.0 Å². The van der Waals surface area contributed by atoms with Crippen molar-refractivity contribution in [2.75, 3.05) is 19.7 Å². The third-order valence-electron chi connectivity index (χ3n) is 5.21. The van der Waals surface area contributed by atoms with Gasteiger partial charge in [-0.2, -0.15) is 0 Å². The number of carbonyl (C=O) groups is 1. The first-order valence-electron chi connectivity index (χ1n) is 8.77. The van der Waals surface area contributed by atoms with E-state index in [1.807, 2.05) is 6.92 Å². The molecule has 7 heteroatoms. The summed E-state index contributed by atoms with van der Waals surface area (Å²) < 4.78 is 7.81. The minimum atomic E-state index is -0.147. The van der Waals surface area contributed by atoms with Gasteiger partial charge in [-0.1, -0.05) is 0 Å². The van der Waals surface area contributed by atoms with Crippen LogP contribution in [0.25, 0.3) is 0 Å². The molecule has 1 aromatic heterocycles. The van der Waals surface area contributed by atoms with Gasteiger partial charge in [-0.15, -0.1) is 10.2 Å². The molecule has 3 heterocycles. The molecule has 7 nitrogen and oxygen atoms in total. The largest absolute Gasteiger partial charge is 0.376 e. The average Bonchev–Trinajstić information content (AvgIpc) is 3.12. The molecule has 2 aliphatic heterocycles. The fourth-order valence-corrected chi connectivity index (χ4v) is 3.51. The molecule has 1 saturated heterocycles. The molecule has 2 unspecified atom stereocenters. The minimum Gasteiger partial charge on any atom is -0.376 e. The molecule has 0 radical (unpaired) electrons. The lowest BCUT2D eigenvalue weighted by Gasteiger charge is -2.32. The summed E-state index contributed by atoms with van der Waals surface area (Å²) in [5, 5.41) is 11.7. The van der Waals surface area contributed by atoms with Gasteiger partial charge in [-0.25, -0.2) is 0 Å². The monoisotopic (exact) mass is 319 g/mol. The Morgan fingerprint density at radius 1 is 1.35 bits per heavy atom. The molecule has 2 atom stereocenters. The predicted molar refractivity (Wildman–Crippen MR) is 83.9 cm³/mol. The van der Waals surface area contributed by atoms with Gasteiger partial charge >= 0.3 is 0 Å². The van der Waals surface area contributed by atoms with E-state index in [-0.39, 0.29) is 18.1 Å². The van der Waals surface area contributed by atoms with Crippen molar-refractivity contribution in [3.63, 3.8) is 0 Å². The molecule has 1 amide bonds. The molecular weight excluding hydrogens is 294 g/mol. The van der Waals surface area contributed by atoms with Crippen LogP contribution in [0.1, 0.15) is 50.2 Å². The first kappa shape index (κ1) is 15.1. The van der Waals surface area contributed by atoms with E-state index in [1.165, 1.54) is 12.8 Å². The van der Waals surface area contributed by atoms with Gasteiger partial charge in [0.1, 0.15) is 11.6 Å². The van der Waals surface area contributed by atoms with Crippen molar-refractivity contribution in [1.82, 2.24) is 25.0 Å². The molecule has 1 N–H and O–H groups in total. The highest BCUT2D eigenvalue weighted by atomic mass is 16.5. The number of hydrogen-bond donors (Lipinski definition) is 1. The van der Waals surface area contributed by atoms with Gasteiger partial charge in [0.25, 0.3) is 0 Å². The Morgan fingerprint density at radius 2 is 2.22 bits per heavy atom. The number of ether oxygens (including phenoxy) is 1. The Kier molecular flexibility index (Phi) is 4.07. The second-order valence-electron chi connectivity index (χ2n) is 6.93. The molecule has 1 aromatic rings. The lowest BCUT2D eigenvalue weighted by molar-refractivity contribution is -0.127. The second kappa shape index (κ2) is 6.20. The maximum Gasteiger partial charge on any atom is 0.237 e. The summed E-state index contributed by atoms with van der Waals surface area (Å²) in [6.45, 7) is 5.88. The Hall–Kier alpha value is -1.47. The molecule has 3 aliphatic rings. The zero-order valence-corrected chi connectivity index (χ0v) is 13.7. The topological polar surface area (TPSA) is 72.3 Å². The Labute approximate surface area is 136 Å². The Morgan fingerprint density at radius 3 is 2.96 bits per heavy atom. The van der Waals surface area contributed by atoms with Crippen LogP contribution in [-0.4, -0.2) is 57.4 Å². The van der Waals surface area contributed by atoms with Crippen LogP contribution >= 0.6 is 0 Å². The summed E-state index contributed by atoms with van der Waals surface area (Å²) in [5.41, 5.74) is 0. The molecule has 0 aromatic carbocycles. The van der Waals surface area contributed by atoms with Crippen molar-refractivity contribution in [2.45, 2.75) is 63.8 Å². The SMILES string of the molecule is CC(C(=O)NCC1CCCO1)N1CCn2c(nnc2C2CC2)C1. The first-order valence-corrected chi connectivity index (χ1v) is 8.77. The molecule has 23 heavy (non-hydrogen) atoms. The van der Waals surface area contributed by atoms with Crippen LogP contribution in [0, 0.1) is 0 Å². The van der Waals surface area contributed by atoms with Crippen molar-refractivity contribution in [3.8, 4) is 0 Å². The van der Waals surface area contributed by atoms with Crippen molar-refractivity contribution in [2.24, 2.45) is 0 Å². The number of nitrogens with zero attached hydrogens (tertiary/aromatic N) is 4. The summed E-state index contributed by atoms with van der Waals surface area (Å²) in [6, 6.07) is -0.147. The van der Waals surface area contributed by atoms with Gasteiger partial charge in [0, 0.05) is 32.2 Å². The van der Waals surface area contributed by atoms with Gasteiger partial charge in [0.15, 0.2) is 0 Å². The van der Waals surface area contributed by atoms with Crippen molar-refractivity contribution >= 4 is 5.91 Å². The fraction of sp³-hybridized carbons (Fsp3) is 0.812. The van der Waals surface area contributed by atoms with Crippen LogP contribution in [0.15, 0.2) is 0 Å². The van der Waals surface area contributed by atoms with Crippen molar-refractivity contribution < 1.29 is 9.53 Å². The Balaban J connectivity index is 1.33. The number of hydrogen-bond acceptors (Lipinski definition) is 5. The van der Waals surface area contributed by atoms with Crippen molar-refractivity contribution in [3.05, 3.63) is 11.6 Å². The van der Waals surface area contributed by atoms with Gasteiger partial charge in [0.2, 0.25) is 5.91 Å². The summed E-state index contributed by atoms with van der Waals surface area (Å²) in [5.74, 6) is 2.85. The lowest BCUT2D eigenvalue weighted by Crippen LogP contribution is -2.49. The lowest BCUT2D eigenvalue weighted by atomic mass is 10.2. The normalized spacial score (nSPS) is 26.0. The highest BCUT2D eigenvalue weighted by Crippen LogP contribution is 2.39. The number of amides is 1. The first-order chi connectivity index (χ1) is 11.2. The highest BCUT2D eigenvalue weighted by molar-refractivity contribution is 5.81. The van der Waals surface area contributed by atoms with Gasteiger partial charge in [-0.3, -0.25) is 9.69 Å². The van der Waals surface area contributed by atoms with Gasteiger partial charge in [0.05, 0.1) is 18.7 Å².